The molecule has 2 aromatic rings. The lowest BCUT2D eigenvalue weighted by atomic mass is 9.47. The van der Waals surface area contributed by atoms with Gasteiger partial charge in [-0.1, -0.05) is 94.4 Å². The number of alkyl halides is 12. The van der Waals surface area contributed by atoms with E-state index >= 15 is 0 Å². The van der Waals surface area contributed by atoms with E-state index in [0.717, 1.165) is 87.1 Å². The summed E-state index contributed by atoms with van der Waals surface area (Å²) in [5.74, 6) is -3.40. The summed E-state index contributed by atoms with van der Waals surface area (Å²) in [6.45, 7) is 8.07. The third kappa shape index (κ3) is 8.63. The molecule has 10 rings (SSSR count). The predicted octanol–water partition coefficient (Wildman–Crippen LogP) is 12.3. The molecule has 0 aromatic heterocycles. The maximum atomic E-state index is 14.3. The van der Waals surface area contributed by atoms with Gasteiger partial charge in [-0.15, -0.1) is 0 Å². The molecule has 7 fully saturated rings. The third-order valence-electron chi connectivity index (χ3n) is 21.1. The van der Waals surface area contributed by atoms with Gasteiger partial charge in [0.2, 0.25) is 23.6 Å². The summed E-state index contributed by atoms with van der Waals surface area (Å²) in [4.78, 5) is 51.0. The molecule has 4 N–H and O–H groups in total. The first kappa shape index (κ1) is 56.0. The van der Waals surface area contributed by atoms with Gasteiger partial charge < -0.3 is 21.3 Å². The number of hydrogen-bond acceptors (Lipinski definition) is 4. The van der Waals surface area contributed by atoms with Crippen molar-refractivity contribution in [1.29, 1.82) is 0 Å². The zero-order valence-corrected chi connectivity index (χ0v) is 42.8. The molecule has 418 valence electrons. The Labute approximate surface area is 434 Å². The lowest BCUT2D eigenvalue weighted by molar-refractivity contribution is -0.313. The van der Waals surface area contributed by atoms with Crippen LogP contribution in [0.1, 0.15) is 129 Å². The standard InChI is InChI=1S/C28H34F6N2O2.C28H32F6N2O2/c2*1-24-14-12-19-17(8-11-21-25(19,2)15-13-22(37)35-21)18(24)9-10-20(24)23(38)36-26(27(29,30)31,28(32,33)34)16-6-4-3-5-7-16/h3-7,17-21H,8-15H2,1-2H3,(H,35,37)(H,36,38);3-7,13,15,17-21H,8-12,14H2,1-2H3,(H,35,37)(H,36,38)/t17?,18?,19?,20-,21-,24+,25-;17-,18-,19-,20+,21+,24-,25+/m10/s1. The Morgan fingerprint density at radius 2 is 0.895 bits per heavy atom. The van der Waals surface area contributed by atoms with Crippen molar-refractivity contribution in [2.75, 3.05) is 0 Å². The summed E-state index contributed by atoms with van der Waals surface area (Å²) in [6, 6.07) is 10.2. The minimum absolute atomic E-state index is 0.00343. The summed E-state index contributed by atoms with van der Waals surface area (Å²) in [5.41, 5.74) is -12.9. The second kappa shape index (κ2) is 19.0. The van der Waals surface area contributed by atoms with Crippen LogP contribution in [0, 0.1) is 69.0 Å². The van der Waals surface area contributed by atoms with Gasteiger partial charge in [-0.2, -0.15) is 52.7 Å². The number of amides is 4. The van der Waals surface area contributed by atoms with E-state index in [2.05, 4.69) is 24.5 Å². The Hall–Kier alpha value is -4.78. The molecule has 6 aliphatic carbocycles. The zero-order chi connectivity index (χ0) is 55.5. The van der Waals surface area contributed by atoms with E-state index in [1.165, 1.54) is 22.8 Å². The normalized spacial score (nSPS) is 37.3. The van der Waals surface area contributed by atoms with E-state index in [0.29, 0.717) is 44.4 Å². The first-order valence-electron chi connectivity index (χ1n) is 26.6. The zero-order valence-electron chi connectivity index (χ0n) is 42.8. The fourth-order valence-corrected chi connectivity index (χ4v) is 17.2. The molecule has 2 aliphatic heterocycles. The van der Waals surface area contributed by atoms with Crippen LogP contribution >= 0.6 is 0 Å². The second-order valence-corrected chi connectivity index (χ2v) is 24.3. The Bertz CT molecular complexity index is 2540. The maximum Gasteiger partial charge on any atom is 0.424 e. The first-order valence-corrected chi connectivity index (χ1v) is 26.6. The van der Waals surface area contributed by atoms with Gasteiger partial charge in [0.05, 0.1) is 0 Å². The summed E-state index contributed by atoms with van der Waals surface area (Å²) >= 11 is 0. The molecule has 14 atom stereocenters. The van der Waals surface area contributed by atoms with Crippen molar-refractivity contribution < 1.29 is 71.9 Å². The van der Waals surface area contributed by atoms with Crippen LogP contribution < -0.4 is 21.3 Å². The Morgan fingerprint density at radius 1 is 0.487 bits per heavy atom. The van der Waals surface area contributed by atoms with E-state index in [9.17, 15) is 71.9 Å². The minimum Gasteiger partial charge on any atom is -0.353 e. The highest BCUT2D eigenvalue weighted by Crippen LogP contribution is 2.68. The van der Waals surface area contributed by atoms with Crippen LogP contribution in [-0.4, -0.2) is 60.4 Å². The average Bonchev–Trinajstić information content (AvgIpc) is 3.89. The largest absolute Gasteiger partial charge is 0.424 e. The number of rotatable bonds is 6. The number of hydrogen-bond donors (Lipinski definition) is 4. The van der Waals surface area contributed by atoms with Crippen LogP contribution in [0.3, 0.4) is 0 Å². The smallest absolute Gasteiger partial charge is 0.353 e. The molecule has 6 saturated carbocycles. The quantitative estimate of drug-likeness (QED) is 0.216. The van der Waals surface area contributed by atoms with Crippen molar-refractivity contribution in [3.05, 3.63) is 83.9 Å². The van der Waals surface area contributed by atoms with Crippen molar-refractivity contribution in [3.8, 4) is 0 Å². The van der Waals surface area contributed by atoms with Crippen LogP contribution in [0.2, 0.25) is 0 Å². The fourth-order valence-electron chi connectivity index (χ4n) is 17.2. The predicted molar refractivity (Wildman–Crippen MR) is 255 cm³/mol. The highest BCUT2D eigenvalue weighted by molar-refractivity contribution is 5.89. The molecule has 3 unspecified atom stereocenters. The molecule has 20 heteroatoms. The van der Waals surface area contributed by atoms with Crippen molar-refractivity contribution >= 4 is 23.6 Å². The topological polar surface area (TPSA) is 116 Å². The highest BCUT2D eigenvalue weighted by Gasteiger charge is 2.75. The molecule has 4 amide bonds. The summed E-state index contributed by atoms with van der Waals surface area (Å²) in [5, 5.41) is 9.23. The Kier molecular flexibility index (Phi) is 14.0. The average molecular weight is 1090 g/mol. The number of piperidine rings is 1. The van der Waals surface area contributed by atoms with Crippen molar-refractivity contribution in [2.45, 2.75) is 165 Å². The molecule has 2 heterocycles. The van der Waals surface area contributed by atoms with Gasteiger partial charge in [-0.3, -0.25) is 19.2 Å². The monoisotopic (exact) mass is 1090 g/mol. The molecule has 0 radical (unpaired) electrons. The van der Waals surface area contributed by atoms with Crippen molar-refractivity contribution in [1.82, 2.24) is 21.3 Å². The second-order valence-electron chi connectivity index (χ2n) is 24.3. The van der Waals surface area contributed by atoms with E-state index < -0.39 is 81.4 Å². The fraction of sp³-hybridized carbons (Fsp3) is 0.679. The highest BCUT2D eigenvalue weighted by atomic mass is 19.4. The minimum atomic E-state index is -5.80. The molecule has 8 aliphatic rings. The van der Waals surface area contributed by atoms with Gasteiger partial charge in [0, 0.05) is 35.8 Å². The number of carbonyl (C=O) groups is 4. The molecule has 0 bridgehead atoms. The van der Waals surface area contributed by atoms with Gasteiger partial charge in [0.1, 0.15) is 0 Å². The van der Waals surface area contributed by atoms with E-state index in [-0.39, 0.29) is 77.2 Å². The Balaban J connectivity index is 0.000000186. The SMILES string of the molecule is C[C@]12C=CC(=O)N[C@@H]1CC[C@@H]1[C@@H]2CC[C@]2(C)[C@@H](C(=O)NC(c3ccccc3)(C(F)(F)F)C(F)(F)F)CC[C@@H]12.C[C@]12CCC3C(CC[C@H]4NC(=O)CC[C@]34C)C1CC[C@@H]2C(=O)NC(c1ccccc1)(C(F)(F)F)C(F)(F)F. The molecule has 2 aromatic carbocycles. The van der Waals surface area contributed by atoms with Crippen LogP contribution in [0.25, 0.3) is 0 Å². The number of halogens is 12. The van der Waals surface area contributed by atoms with Gasteiger partial charge in [-0.25, -0.2) is 0 Å². The molecule has 0 spiro atoms. The van der Waals surface area contributed by atoms with Crippen LogP contribution in [0.4, 0.5) is 52.7 Å². The van der Waals surface area contributed by atoms with Gasteiger partial charge in [0.25, 0.3) is 11.1 Å². The third-order valence-corrected chi connectivity index (χ3v) is 21.1. The lowest BCUT2D eigenvalue weighted by Crippen LogP contribution is -2.66. The molecule has 8 nitrogen and oxygen atoms in total. The summed E-state index contributed by atoms with van der Waals surface area (Å²) in [7, 11) is 0. The lowest BCUT2D eigenvalue weighted by Gasteiger charge is -2.60. The van der Waals surface area contributed by atoms with Crippen LogP contribution in [-0.2, 0) is 30.3 Å². The number of nitrogens with one attached hydrogen (secondary N) is 4. The molecule has 76 heavy (non-hydrogen) atoms. The van der Waals surface area contributed by atoms with Gasteiger partial charge >= 0.3 is 24.7 Å². The molecular weight excluding hydrogens is 1020 g/mol. The van der Waals surface area contributed by atoms with Crippen LogP contribution in [0.5, 0.6) is 0 Å². The van der Waals surface area contributed by atoms with Gasteiger partial charge in [-0.05, 0) is 152 Å². The molecule has 1 saturated heterocycles. The van der Waals surface area contributed by atoms with Crippen molar-refractivity contribution in [2.24, 2.45) is 69.0 Å². The van der Waals surface area contributed by atoms with Crippen molar-refractivity contribution in [3.63, 3.8) is 0 Å². The van der Waals surface area contributed by atoms with E-state index in [4.69, 9.17) is 0 Å². The van der Waals surface area contributed by atoms with Gasteiger partial charge in [0.15, 0.2) is 0 Å². The molecular formula is C56H66F12N4O4. The first-order chi connectivity index (χ1) is 35.3. The van der Waals surface area contributed by atoms with E-state index in [1.807, 2.05) is 19.9 Å². The van der Waals surface area contributed by atoms with Crippen LogP contribution in [0.15, 0.2) is 72.8 Å². The Morgan fingerprint density at radius 3 is 1.34 bits per heavy atom. The van der Waals surface area contributed by atoms with E-state index in [1.54, 1.807) is 6.08 Å². The number of fused-ring (bicyclic) bond motifs is 10. The maximum absolute atomic E-state index is 14.3. The number of benzene rings is 2. The summed E-state index contributed by atoms with van der Waals surface area (Å²) < 4.78 is 172. The summed E-state index contributed by atoms with van der Waals surface area (Å²) in [6.07, 6.45) is -11.1. The number of carbonyl (C=O) groups excluding carboxylic acids is 4.